The molecule has 0 spiro atoms. The van der Waals surface area contributed by atoms with Crippen LogP contribution in [0.4, 0.5) is 5.69 Å². The third kappa shape index (κ3) is 3.39. The number of hydrogen-bond acceptors (Lipinski definition) is 3. The zero-order valence-electron chi connectivity index (χ0n) is 11.5. The zero-order chi connectivity index (χ0) is 13.1. The van der Waals surface area contributed by atoms with E-state index in [0.29, 0.717) is 12.7 Å². The molecule has 0 aromatic heterocycles. The smallest absolute Gasteiger partial charge is 0.189 e. The van der Waals surface area contributed by atoms with Crippen molar-refractivity contribution in [3.63, 3.8) is 0 Å². The van der Waals surface area contributed by atoms with Gasteiger partial charge >= 0.3 is 0 Å². The maximum Gasteiger partial charge on any atom is 0.189 e. The van der Waals surface area contributed by atoms with Crippen LogP contribution >= 0.6 is 0 Å². The van der Waals surface area contributed by atoms with E-state index in [-0.39, 0.29) is 0 Å². The van der Waals surface area contributed by atoms with E-state index in [4.69, 9.17) is 15.2 Å². The molecular weight excluding hydrogens is 226 g/mol. The summed E-state index contributed by atoms with van der Waals surface area (Å²) >= 11 is 0. The number of nitrogens with two attached hydrogens (primary N) is 1. The predicted molar refractivity (Wildman–Crippen MR) is 73.9 cm³/mol. The lowest BCUT2D eigenvalue weighted by atomic mass is 9.99. The highest BCUT2D eigenvalue weighted by molar-refractivity contribution is 5.54. The second-order valence-corrected chi connectivity index (χ2v) is 5.48. The average molecular weight is 249 g/mol. The molecule has 1 saturated carbocycles. The molecule has 0 unspecified atom stereocenters. The van der Waals surface area contributed by atoms with Gasteiger partial charge in [0.05, 0.1) is 6.61 Å². The van der Waals surface area contributed by atoms with Crippen molar-refractivity contribution in [3.05, 3.63) is 23.3 Å². The van der Waals surface area contributed by atoms with Gasteiger partial charge in [-0.05, 0) is 54.9 Å². The lowest BCUT2D eigenvalue weighted by Gasteiger charge is -2.16. The van der Waals surface area contributed by atoms with E-state index in [1.807, 2.05) is 19.1 Å². The maximum absolute atomic E-state index is 5.94. The van der Waals surface area contributed by atoms with Gasteiger partial charge in [-0.3, -0.25) is 0 Å². The minimum Gasteiger partial charge on any atom is -0.467 e. The molecular formula is C15H23NO2. The number of benzene rings is 1. The Morgan fingerprint density at radius 2 is 2.06 bits per heavy atom. The first-order valence-corrected chi connectivity index (χ1v) is 6.68. The van der Waals surface area contributed by atoms with Crippen LogP contribution in [0, 0.1) is 12.8 Å². The predicted octanol–water partition coefficient (Wildman–Crippen LogP) is 3.46. The van der Waals surface area contributed by atoms with E-state index in [9.17, 15) is 0 Å². The number of ether oxygens (including phenoxy) is 2. The molecule has 1 aromatic rings. The standard InChI is InChI=1S/C15H23NO2/c1-10(2)13-7-14(16)11(3)6-15(13)18-9-17-8-12-4-5-12/h6-7,10,12H,4-5,8-9,16H2,1-3H3. The Morgan fingerprint density at radius 3 is 2.67 bits per heavy atom. The second kappa shape index (κ2) is 5.61. The molecule has 0 atom stereocenters. The summed E-state index contributed by atoms with van der Waals surface area (Å²) in [7, 11) is 0. The van der Waals surface area contributed by atoms with Crippen molar-refractivity contribution in [1.29, 1.82) is 0 Å². The van der Waals surface area contributed by atoms with Crippen LogP contribution in [0.15, 0.2) is 12.1 Å². The number of hydrogen-bond donors (Lipinski definition) is 1. The van der Waals surface area contributed by atoms with Gasteiger partial charge in [0.15, 0.2) is 6.79 Å². The highest BCUT2D eigenvalue weighted by atomic mass is 16.7. The number of rotatable bonds is 6. The highest BCUT2D eigenvalue weighted by Gasteiger charge is 2.21. The molecule has 18 heavy (non-hydrogen) atoms. The fourth-order valence-corrected chi connectivity index (χ4v) is 1.90. The third-order valence-corrected chi connectivity index (χ3v) is 3.37. The average Bonchev–Trinajstić information content (AvgIpc) is 3.12. The minimum absolute atomic E-state index is 0.333. The van der Waals surface area contributed by atoms with Crippen LogP contribution in [0.25, 0.3) is 0 Å². The van der Waals surface area contributed by atoms with Crippen LogP contribution in [-0.4, -0.2) is 13.4 Å². The monoisotopic (exact) mass is 249 g/mol. The van der Waals surface area contributed by atoms with Gasteiger partial charge in [0.25, 0.3) is 0 Å². The molecule has 1 fully saturated rings. The molecule has 2 N–H and O–H groups in total. The largest absolute Gasteiger partial charge is 0.467 e. The molecule has 1 aliphatic rings. The second-order valence-electron chi connectivity index (χ2n) is 5.48. The van der Waals surface area contributed by atoms with Crippen LogP contribution in [0.2, 0.25) is 0 Å². The van der Waals surface area contributed by atoms with Crippen LogP contribution in [0.1, 0.15) is 43.7 Å². The van der Waals surface area contributed by atoms with Crippen LogP contribution in [0.5, 0.6) is 5.75 Å². The first kappa shape index (κ1) is 13.2. The van der Waals surface area contributed by atoms with Crippen molar-refractivity contribution in [2.24, 2.45) is 5.92 Å². The summed E-state index contributed by atoms with van der Waals surface area (Å²) in [6.45, 7) is 7.44. The minimum atomic E-state index is 0.333. The summed E-state index contributed by atoms with van der Waals surface area (Å²) < 4.78 is 11.2. The van der Waals surface area contributed by atoms with Gasteiger partial charge in [0, 0.05) is 5.69 Å². The number of anilines is 1. The molecule has 100 valence electrons. The summed E-state index contributed by atoms with van der Waals surface area (Å²) in [5.74, 6) is 2.06. The lowest BCUT2D eigenvalue weighted by Crippen LogP contribution is -2.08. The lowest BCUT2D eigenvalue weighted by molar-refractivity contribution is 0.00934. The Kier molecular flexibility index (Phi) is 4.12. The van der Waals surface area contributed by atoms with Gasteiger partial charge in [-0.15, -0.1) is 0 Å². The molecule has 0 aliphatic heterocycles. The Morgan fingerprint density at radius 1 is 1.33 bits per heavy atom. The van der Waals surface area contributed by atoms with Crippen molar-refractivity contribution in [3.8, 4) is 5.75 Å². The van der Waals surface area contributed by atoms with Gasteiger partial charge in [-0.25, -0.2) is 0 Å². The van der Waals surface area contributed by atoms with Crippen molar-refractivity contribution >= 4 is 5.69 Å². The summed E-state index contributed by atoms with van der Waals surface area (Å²) in [5, 5.41) is 0. The van der Waals surface area contributed by atoms with Crippen molar-refractivity contribution in [1.82, 2.24) is 0 Å². The molecule has 1 aromatic carbocycles. The van der Waals surface area contributed by atoms with E-state index < -0.39 is 0 Å². The van der Waals surface area contributed by atoms with E-state index in [0.717, 1.165) is 35.1 Å². The van der Waals surface area contributed by atoms with Crippen molar-refractivity contribution < 1.29 is 9.47 Å². The number of aryl methyl sites for hydroxylation is 1. The quantitative estimate of drug-likeness (QED) is 0.477. The molecule has 0 radical (unpaired) electrons. The van der Waals surface area contributed by atoms with Crippen LogP contribution in [0.3, 0.4) is 0 Å². The highest BCUT2D eigenvalue weighted by Crippen LogP contribution is 2.31. The molecule has 1 aliphatic carbocycles. The first-order valence-electron chi connectivity index (χ1n) is 6.68. The van der Waals surface area contributed by atoms with Gasteiger partial charge in [0.1, 0.15) is 5.75 Å². The van der Waals surface area contributed by atoms with E-state index in [2.05, 4.69) is 13.8 Å². The Hall–Kier alpha value is -1.22. The van der Waals surface area contributed by atoms with E-state index >= 15 is 0 Å². The summed E-state index contributed by atoms with van der Waals surface area (Å²) in [4.78, 5) is 0. The summed E-state index contributed by atoms with van der Waals surface area (Å²) in [6.07, 6.45) is 2.61. The molecule has 3 nitrogen and oxygen atoms in total. The van der Waals surface area contributed by atoms with Gasteiger partial charge in [0.2, 0.25) is 0 Å². The van der Waals surface area contributed by atoms with Crippen LogP contribution < -0.4 is 10.5 Å². The molecule has 0 bridgehead atoms. The Labute approximate surface area is 109 Å². The molecule has 3 heteroatoms. The van der Waals surface area contributed by atoms with E-state index in [1.54, 1.807) is 0 Å². The molecule has 0 saturated heterocycles. The maximum atomic E-state index is 5.94. The topological polar surface area (TPSA) is 44.5 Å². The molecule has 2 rings (SSSR count). The fourth-order valence-electron chi connectivity index (χ4n) is 1.90. The zero-order valence-corrected chi connectivity index (χ0v) is 11.5. The van der Waals surface area contributed by atoms with E-state index in [1.165, 1.54) is 12.8 Å². The van der Waals surface area contributed by atoms with Crippen molar-refractivity contribution in [2.75, 3.05) is 19.1 Å². The molecule has 0 amide bonds. The third-order valence-electron chi connectivity index (χ3n) is 3.37. The number of nitrogen functional groups attached to an aromatic ring is 1. The summed E-state index contributed by atoms with van der Waals surface area (Å²) in [6, 6.07) is 4.02. The van der Waals surface area contributed by atoms with Gasteiger partial charge in [-0.1, -0.05) is 13.8 Å². The first-order chi connectivity index (χ1) is 8.58. The molecule has 0 heterocycles. The van der Waals surface area contributed by atoms with Crippen LogP contribution in [-0.2, 0) is 4.74 Å². The van der Waals surface area contributed by atoms with Crippen molar-refractivity contribution in [2.45, 2.75) is 39.5 Å². The Balaban J connectivity index is 1.97. The van der Waals surface area contributed by atoms with Gasteiger partial charge < -0.3 is 15.2 Å². The fraction of sp³-hybridized carbons (Fsp3) is 0.600. The normalized spacial score (nSPS) is 15.1. The SMILES string of the molecule is Cc1cc(OCOCC2CC2)c(C(C)C)cc1N. The Bertz CT molecular complexity index is 411. The van der Waals surface area contributed by atoms with Gasteiger partial charge in [-0.2, -0.15) is 0 Å². The summed E-state index contributed by atoms with van der Waals surface area (Å²) in [5.41, 5.74) is 8.97.